The topological polar surface area (TPSA) is 131 Å². The quantitative estimate of drug-likeness (QED) is 0.218. The van der Waals surface area contributed by atoms with Crippen LogP contribution in [0.25, 0.3) is 0 Å². The van der Waals surface area contributed by atoms with Crippen LogP contribution in [0, 0.1) is 5.92 Å². The van der Waals surface area contributed by atoms with E-state index in [1.165, 1.54) is 0 Å². The summed E-state index contributed by atoms with van der Waals surface area (Å²) in [6.07, 6.45) is 0.416. The van der Waals surface area contributed by atoms with Gasteiger partial charge in [-0.05, 0) is 20.3 Å². The Bertz CT molecular complexity index is 326. The number of rotatable bonds is 6. The fourth-order valence-corrected chi connectivity index (χ4v) is 1.50. The normalized spacial score (nSPS) is 14.2. The fraction of sp³-hybridized carbons (Fsp3) is 0.700. The average molecular weight is 244 g/mol. The van der Waals surface area contributed by atoms with E-state index in [1.807, 2.05) is 0 Å². The number of nitrogens with one attached hydrogen (secondary N) is 1. The van der Waals surface area contributed by atoms with Crippen molar-refractivity contribution in [1.29, 1.82) is 0 Å². The minimum atomic E-state index is -0.758. The van der Waals surface area contributed by atoms with Crippen molar-refractivity contribution < 1.29 is 14.8 Å². The maximum Gasteiger partial charge on any atom is 0.231 e. The van der Waals surface area contributed by atoms with Crippen LogP contribution in [0.15, 0.2) is 5.16 Å². The molecule has 6 N–H and O–H groups in total. The minimum Gasteiger partial charge on any atom is -0.409 e. The van der Waals surface area contributed by atoms with Gasteiger partial charge in [-0.1, -0.05) is 12.1 Å². The van der Waals surface area contributed by atoms with Crippen LogP contribution in [0.4, 0.5) is 0 Å². The maximum atomic E-state index is 11.8. The summed E-state index contributed by atoms with van der Waals surface area (Å²) in [5.74, 6) is -1.77. The predicted molar refractivity (Wildman–Crippen MR) is 63.2 cm³/mol. The highest BCUT2D eigenvalue weighted by Crippen LogP contribution is 2.11. The molecular formula is C10H20N4O3. The molecule has 0 aliphatic carbocycles. The summed E-state index contributed by atoms with van der Waals surface area (Å²) in [6.45, 7) is 5.09. The Morgan fingerprint density at radius 3 is 2.29 bits per heavy atom. The van der Waals surface area contributed by atoms with Gasteiger partial charge in [0.25, 0.3) is 0 Å². The van der Waals surface area contributed by atoms with E-state index in [4.69, 9.17) is 16.7 Å². The number of amidine groups is 1. The Balaban J connectivity index is 4.66. The zero-order chi connectivity index (χ0) is 13.6. The standard InChI is InChI=1S/C10H20N4O3/c1-4-6(8(12)14-17)9(16)13-10(2,3)5-7(11)15/h6,17H,4-5H2,1-3H3,(H2,11,15)(H2,12,14)(H,13,16). The Hall–Kier alpha value is -1.79. The van der Waals surface area contributed by atoms with E-state index in [0.29, 0.717) is 6.42 Å². The smallest absolute Gasteiger partial charge is 0.231 e. The van der Waals surface area contributed by atoms with E-state index in [9.17, 15) is 9.59 Å². The molecule has 0 bridgehead atoms. The monoisotopic (exact) mass is 244 g/mol. The summed E-state index contributed by atoms with van der Waals surface area (Å²) in [5, 5.41) is 14.0. The Morgan fingerprint density at radius 1 is 1.41 bits per heavy atom. The number of primary amides is 1. The number of carbonyl (C=O) groups is 2. The van der Waals surface area contributed by atoms with Gasteiger partial charge in [0.1, 0.15) is 0 Å². The molecule has 0 aliphatic heterocycles. The average Bonchev–Trinajstić information content (AvgIpc) is 2.15. The summed E-state index contributed by atoms with van der Waals surface area (Å²) in [5.41, 5.74) is 9.71. The largest absolute Gasteiger partial charge is 0.409 e. The highest BCUT2D eigenvalue weighted by Gasteiger charge is 2.28. The zero-order valence-electron chi connectivity index (χ0n) is 10.4. The van der Waals surface area contributed by atoms with E-state index < -0.39 is 23.3 Å². The lowest BCUT2D eigenvalue weighted by Gasteiger charge is -2.27. The van der Waals surface area contributed by atoms with Crippen LogP contribution in [0.2, 0.25) is 0 Å². The third kappa shape index (κ3) is 5.19. The van der Waals surface area contributed by atoms with Gasteiger partial charge in [0, 0.05) is 12.0 Å². The summed E-state index contributed by atoms with van der Waals surface area (Å²) < 4.78 is 0. The zero-order valence-corrected chi connectivity index (χ0v) is 10.4. The van der Waals surface area contributed by atoms with Crippen molar-refractivity contribution in [2.75, 3.05) is 0 Å². The van der Waals surface area contributed by atoms with Crippen molar-refractivity contribution >= 4 is 17.6 Å². The second-order valence-electron chi connectivity index (χ2n) is 4.50. The first kappa shape index (κ1) is 15.2. The van der Waals surface area contributed by atoms with Gasteiger partial charge in [-0.2, -0.15) is 0 Å². The molecule has 0 heterocycles. The van der Waals surface area contributed by atoms with E-state index in [0.717, 1.165) is 0 Å². The van der Waals surface area contributed by atoms with Crippen molar-refractivity contribution in [2.24, 2.45) is 22.5 Å². The molecule has 2 amide bonds. The van der Waals surface area contributed by atoms with Gasteiger partial charge >= 0.3 is 0 Å². The molecule has 0 aromatic rings. The van der Waals surface area contributed by atoms with E-state index in [1.54, 1.807) is 20.8 Å². The highest BCUT2D eigenvalue weighted by atomic mass is 16.4. The van der Waals surface area contributed by atoms with Crippen LogP contribution in [-0.2, 0) is 9.59 Å². The van der Waals surface area contributed by atoms with Gasteiger partial charge in [-0.3, -0.25) is 9.59 Å². The van der Waals surface area contributed by atoms with Crippen molar-refractivity contribution in [2.45, 2.75) is 39.2 Å². The van der Waals surface area contributed by atoms with Crippen molar-refractivity contribution in [3.05, 3.63) is 0 Å². The van der Waals surface area contributed by atoms with Gasteiger partial charge in [0.05, 0.1) is 5.92 Å². The number of hydrogen-bond acceptors (Lipinski definition) is 4. The van der Waals surface area contributed by atoms with Crippen LogP contribution in [0.3, 0.4) is 0 Å². The van der Waals surface area contributed by atoms with Crippen LogP contribution >= 0.6 is 0 Å². The number of hydrogen-bond donors (Lipinski definition) is 4. The number of amides is 2. The molecule has 98 valence electrons. The molecule has 7 nitrogen and oxygen atoms in total. The Kier molecular flexibility index (Phi) is 5.43. The molecule has 0 aromatic heterocycles. The fourth-order valence-electron chi connectivity index (χ4n) is 1.50. The third-order valence-corrected chi connectivity index (χ3v) is 2.27. The number of nitrogens with zero attached hydrogens (tertiary/aromatic N) is 1. The molecule has 0 aromatic carbocycles. The second kappa shape index (κ2) is 6.07. The van der Waals surface area contributed by atoms with Gasteiger partial charge < -0.3 is 22.0 Å². The first-order chi connectivity index (χ1) is 7.73. The molecule has 1 atom stereocenters. The molecule has 0 saturated heterocycles. The van der Waals surface area contributed by atoms with Crippen LogP contribution in [0.5, 0.6) is 0 Å². The Labute approximate surface area is 100 Å². The van der Waals surface area contributed by atoms with E-state index in [-0.39, 0.29) is 12.3 Å². The van der Waals surface area contributed by atoms with Crippen molar-refractivity contribution in [3.8, 4) is 0 Å². The summed E-state index contributed by atoms with van der Waals surface area (Å²) in [7, 11) is 0. The lowest BCUT2D eigenvalue weighted by molar-refractivity contribution is -0.125. The molecule has 7 heteroatoms. The van der Waals surface area contributed by atoms with E-state index >= 15 is 0 Å². The molecular weight excluding hydrogens is 224 g/mol. The minimum absolute atomic E-state index is 0.0192. The van der Waals surface area contributed by atoms with Gasteiger partial charge in [0.2, 0.25) is 11.8 Å². The second-order valence-corrected chi connectivity index (χ2v) is 4.50. The van der Waals surface area contributed by atoms with Crippen molar-refractivity contribution in [1.82, 2.24) is 5.32 Å². The maximum absolute atomic E-state index is 11.8. The molecule has 17 heavy (non-hydrogen) atoms. The predicted octanol–water partition coefficient (Wildman–Crippen LogP) is -0.471. The van der Waals surface area contributed by atoms with Crippen LogP contribution < -0.4 is 16.8 Å². The van der Waals surface area contributed by atoms with Gasteiger partial charge in [-0.15, -0.1) is 0 Å². The number of oxime groups is 1. The van der Waals surface area contributed by atoms with Gasteiger partial charge in [0.15, 0.2) is 5.84 Å². The lowest BCUT2D eigenvalue weighted by Crippen LogP contribution is -2.50. The molecule has 0 radical (unpaired) electrons. The third-order valence-electron chi connectivity index (χ3n) is 2.27. The number of carbonyl (C=O) groups excluding carboxylic acids is 2. The molecule has 0 aliphatic rings. The molecule has 0 saturated carbocycles. The van der Waals surface area contributed by atoms with Crippen LogP contribution in [0.1, 0.15) is 33.6 Å². The lowest BCUT2D eigenvalue weighted by atomic mass is 9.97. The molecule has 0 fully saturated rings. The SMILES string of the molecule is CCC(C(=O)NC(C)(C)CC(N)=O)C(N)=NO. The first-order valence-corrected chi connectivity index (χ1v) is 5.31. The summed E-state index contributed by atoms with van der Waals surface area (Å²) in [4.78, 5) is 22.6. The van der Waals surface area contributed by atoms with Gasteiger partial charge in [-0.25, -0.2) is 0 Å². The van der Waals surface area contributed by atoms with Crippen LogP contribution in [-0.4, -0.2) is 28.4 Å². The number of nitrogens with two attached hydrogens (primary N) is 2. The van der Waals surface area contributed by atoms with Crippen molar-refractivity contribution in [3.63, 3.8) is 0 Å². The summed E-state index contributed by atoms with van der Waals surface area (Å²) >= 11 is 0. The van der Waals surface area contributed by atoms with E-state index in [2.05, 4.69) is 10.5 Å². The Morgan fingerprint density at radius 2 is 1.94 bits per heavy atom. The highest BCUT2D eigenvalue weighted by molar-refractivity contribution is 6.02. The molecule has 0 spiro atoms. The summed E-state index contributed by atoms with van der Waals surface area (Å²) in [6, 6.07) is 0. The first-order valence-electron chi connectivity index (χ1n) is 5.31. The molecule has 0 rings (SSSR count). The molecule has 1 unspecified atom stereocenters.